The number of hydrogen-bond acceptors (Lipinski definition) is 3. The third-order valence-electron chi connectivity index (χ3n) is 3.99. The third-order valence-corrected chi connectivity index (χ3v) is 3.99. The fourth-order valence-corrected chi connectivity index (χ4v) is 2.52. The highest BCUT2D eigenvalue weighted by Gasteiger charge is 2.29. The van der Waals surface area contributed by atoms with Gasteiger partial charge in [-0.1, -0.05) is 6.92 Å². The molecular formula is C14H24N4O. The fourth-order valence-electron chi connectivity index (χ4n) is 2.52. The second kappa shape index (κ2) is 5.74. The Kier molecular flexibility index (Phi) is 4.24. The minimum absolute atomic E-state index is 0.0974. The average Bonchev–Trinajstić information content (AvgIpc) is 2.84. The van der Waals surface area contributed by atoms with E-state index in [1.54, 1.807) is 0 Å². The fraction of sp³-hybridized carbons (Fsp3) is 0.714. The van der Waals surface area contributed by atoms with Crippen molar-refractivity contribution in [3.8, 4) is 0 Å². The number of nitrogens with zero attached hydrogens (tertiary/aromatic N) is 3. The Hall–Kier alpha value is -1.36. The van der Waals surface area contributed by atoms with Crippen LogP contribution < -0.4 is 5.73 Å². The van der Waals surface area contributed by atoms with Gasteiger partial charge in [0.2, 0.25) is 5.91 Å². The smallest absolute Gasteiger partial charge is 0.227 e. The third kappa shape index (κ3) is 3.15. The van der Waals surface area contributed by atoms with Gasteiger partial charge in [-0.25, -0.2) is 0 Å². The summed E-state index contributed by atoms with van der Waals surface area (Å²) in [4.78, 5) is 14.3. The van der Waals surface area contributed by atoms with Crippen molar-refractivity contribution < 1.29 is 4.79 Å². The molecule has 3 unspecified atom stereocenters. The monoisotopic (exact) mass is 264 g/mol. The van der Waals surface area contributed by atoms with E-state index < -0.39 is 0 Å². The molecule has 1 aliphatic rings. The number of carbonyl (C=O) groups excluding carboxylic acids is 1. The van der Waals surface area contributed by atoms with Crippen LogP contribution in [0, 0.1) is 12.8 Å². The highest BCUT2D eigenvalue weighted by Crippen LogP contribution is 2.22. The van der Waals surface area contributed by atoms with Crippen LogP contribution in [0.15, 0.2) is 12.4 Å². The Labute approximate surface area is 114 Å². The van der Waals surface area contributed by atoms with Crippen LogP contribution >= 0.6 is 0 Å². The van der Waals surface area contributed by atoms with Gasteiger partial charge in [0.05, 0.1) is 18.2 Å². The summed E-state index contributed by atoms with van der Waals surface area (Å²) in [5.74, 6) is 0.0571. The molecule has 1 aromatic rings. The van der Waals surface area contributed by atoms with Crippen LogP contribution in [0.3, 0.4) is 0 Å². The molecule has 0 saturated carbocycles. The van der Waals surface area contributed by atoms with Gasteiger partial charge in [0, 0.05) is 25.3 Å². The molecular weight excluding hydrogens is 240 g/mol. The standard InChI is InChI=1S/C14H24N4O/c1-10-7-16-18(8-10)13-5-4-6-17(9-13)14(19)11(2)12(3)15/h7-8,11-13H,4-6,9,15H2,1-3H3. The van der Waals surface area contributed by atoms with Gasteiger partial charge < -0.3 is 10.6 Å². The van der Waals surface area contributed by atoms with Crippen LogP contribution in [0.5, 0.6) is 0 Å². The number of aromatic nitrogens is 2. The van der Waals surface area contributed by atoms with Crippen molar-refractivity contribution in [2.24, 2.45) is 11.7 Å². The Bertz CT molecular complexity index is 440. The van der Waals surface area contributed by atoms with Crippen molar-refractivity contribution in [3.63, 3.8) is 0 Å². The van der Waals surface area contributed by atoms with Crippen LogP contribution in [-0.2, 0) is 4.79 Å². The van der Waals surface area contributed by atoms with Crippen molar-refractivity contribution in [1.82, 2.24) is 14.7 Å². The molecule has 1 amide bonds. The molecule has 5 heteroatoms. The molecule has 0 aliphatic carbocycles. The van der Waals surface area contributed by atoms with Gasteiger partial charge in [-0.05, 0) is 32.3 Å². The highest BCUT2D eigenvalue weighted by molar-refractivity contribution is 5.79. The zero-order valence-corrected chi connectivity index (χ0v) is 12.0. The zero-order chi connectivity index (χ0) is 14.0. The number of piperidine rings is 1. The van der Waals surface area contributed by atoms with E-state index >= 15 is 0 Å². The van der Waals surface area contributed by atoms with E-state index in [9.17, 15) is 4.79 Å². The van der Waals surface area contributed by atoms with E-state index in [0.717, 1.165) is 31.5 Å². The van der Waals surface area contributed by atoms with Gasteiger partial charge in [-0.2, -0.15) is 5.10 Å². The summed E-state index contributed by atoms with van der Waals surface area (Å²) < 4.78 is 1.99. The molecule has 1 fully saturated rings. The number of aryl methyl sites for hydroxylation is 1. The largest absolute Gasteiger partial charge is 0.340 e. The second-order valence-corrected chi connectivity index (χ2v) is 5.73. The summed E-state index contributed by atoms with van der Waals surface area (Å²) in [6.45, 7) is 7.42. The van der Waals surface area contributed by atoms with Crippen molar-refractivity contribution >= 4 is 5.91 Å². The first-order valence-corrected chi connectivity index (χ1v) is 7.04. The first-order valence-electron chi connectivity index (χ1n) is 7.04. The van der Waals surface area contributed by atoms with Gasteiger partial charge in [-0.15, -0.1) is 0 Å². The molecule has 0 bridgehead atoms. The lowest BCUT2D eigenvalue weighted by Crippen LogP contribution is -2.46. The number of carbonyl (C=O) groups is 1. The molecule has 0 radical (unpaired) electrons. The Morgan fingerprint density at radius 1 is 1.53 bits per heavy atom. The van der Waals surface area contributed by atoms with Gasteiger partial charge >= 0.3 is 0 Å². The molecule has 1 saturated heterocycles. The van der Waals surface area contributed by atoms with E-state index in [-0.39, 0.29) is 17.9 Å². The van der Waals surface area contributed by atoms with Gasteiger partial charge in [0.1, 0.15) is 0 Å². The Morgan fingerprint density at radius 3 is 2.84 bits per heavy atom. The minimum Gasteiger partial charge on any atom is -0.340 e. The number of amides is 1. The number of likely N-dealkylation sites (tertiary alicyclic amines) is 1. The van der Waals surface area contributed by atoms with Crippen LogP contribution in [0.4, 0.5) is 0 Å². The first kappa shape index (κ1) is 14.1. The molecule has 2 N–H and O–H groups in total. The van der Waals surface area contributed by atoms with Crippen molar-refractivity contribution in [3.05, 3.63) is 18.0 Å². The van der Waals surface area contributed by atoms with Crippen LogP contribution in [0.2, 0.25) is 0 Å². The van der Waals surface area contributed by atoms with Crippen LogP contribution in [0.1, 0.15) is 38.3 Å². The first-order chi connectivity index (χ1) is 8.99. The second-order valence-electron chi connectivity index (χ2n) is 5.73. The van der Waals surface area contributed by atoms with Crippen LogP contribution in [-0.4, -0.2) is 39.7 Å². The maximum atomic E-state index is 12.3. The lowest BCUT2D eigenvalue weighted by Gasteiger charge is -2.35. The highest BCUT2D eigenvalue weighted by atomic mass is 16.2. The number of rotatable bonds is 3. The Balaban J connectivity index is 2.03. The molecule has 0 aromatic carbocycles. The van der Waals surface area contributed by atoms with E-state index in [2.05, 4.69) is 5.10 Å². The SMILES string of the molecule is Cc1cnn(C2CCCN(C(=O)C(C)C(C)N)C2)c1. The molecule has 3 atom stereocenters. The molecule has 1 aliphatic heterocycles. The summed E-state index contributed by atoms with van der Waals surface area (Å²) in [7, 11) is 0. The predicted molar refractivity (Wildman–Crippen MR) is 74.6 cm³/mol. The Morgan fingerprint density at radius 2 is 2.26 bits per heavy atom. The summed E-state index contributed by atoms with van der Waals surface area (Å²) in [5.41, 5.74) is 6.99. The molecule has 106 valence electrons. The van der Waals surface area contributed by atoms with E-state index in [1.165, 1.54) is 0 Å². The maximum absolute atomic E-state index is 12.3. The van der Waals surface area contributed by atoms with Gasteiger partial charge in [-0.3, -0.25) is 9.48 Å². The molecule has 5 nitrogen and oxygen atoms in total. The van der Waals surface area contributed by atoms with Crippen molar-refractivity contribution in [2.75, 3.05) is 13.1 Å². The van der Waals surface area contributed by atoms with Crippen LogP contribution in [0.25, 0.3) is 0 Å². The summed E-state index contributed by atoms with van der Waals surface area (Å²) in [6.07, 6.45) is 6.03. The lowest BCUT2D eigenvalue weighted by molar-refractivity contribution is -0.137. The van der Waals surface area contributed by atoms with Crippen molar-refractivity contribution in [2.45, 2.75) is 45.7 Å². The van der Waals surface area contributed by atoms with Gasteiger partial charge in [0.25, 0.3) is 0 Å². The van der Waals surface area contributed by atoms with E-state index in [4.69, 9.17) is 5.73 Å². The summed E-state index contributed by atoms with van der Waals surface area (Å²) >= 11 is 0. The molecule has 2 heterocycles. The van der Waals surface area contributed by atoms with E-state index in [1.807, 2.05) is 42.7 Å². The molecule has 2 rings (SSSR count). The summed E-state index contributed by atoms with van der Waals surface area (Å²) in [6, 6.07) is 0.200. The topological polar surface area (TPSA) is 64.2 Å². The van der Waals surface area contributed by atoms with E-state index in [0.29, 0.717) is 6.04 Å². The summed E-state index contributed by atoms with van der Waals surface area (Å²) in [5, 5.41) is 4.37. The molecule has 1 aromatic heterocycles. The maximum Gasteiger partial charge on any atom is 0.227 e. The van der Waals surface area contributed by atoms with Gasteiger partial charge in [0.15, 0.2) is 0 Å². The quantitative estimate of drug-likeness (QED) is 0.896. The molecule has 19 heavy (non-hydrogen) atoms. The number of nitrogens with two attached hydrogens (primary N) is 1. The predicted octanol–water partition coefficient (Wildman–Crippen LogP) is 1.34. The molecule has 0 spiro atoms. The normalized spacial score (nSPS) is 23.2. The lowest BCUT2D eigenvalue weighted by atomic mass is 9.99. The van der Waals surface area contributed by atoms with Crippen molar-refractivity contribution in [1.29, 1.82) is 0 Å². The zero-order valence-electron chi connectivity index (χ0n) is 12.0. The number of hydrogen-bond donors (Lipinski definition) is 1. The minimum atomic E-state index is -0.113. The average molecular weight is 264 g/mol.